The Bertz CT molecular complexity index is 779. The second kappa shape index (κ2) is 10.4. The number of hydrogen-bond acceptors (Lipinski definition) is 3. The van der Waals surface area contributed by atoms with Crippen molar-refractivity contribution >= 4 is 11.8 Å². The highest BCUT2D eigenvalue weighted by molar-refractivity contribution is 5.88. The molecule has 0 aliphatic heterocycles. The molecule has 0 aliphatic carbocycles. The lowest BCUT2D eigenvalue weighted by molar-refractivity contribution is -0.142. The SMILES string of the molecule is CCNC(=O)[C@@H](CC)N(Cc1ccc(F)cc1)C(=O)COc1ccc(F)cc1. The van der Waals surface area contributed by atoms with Gasteiger partial charge in [-0.1, -0.05) is 19.1 Å². The van der Waals surface area contributed by atoms with E-state index in [1.54, 1.807) is 19.1 Å². The predicted octanol–water partition coefficient (Wildman–Crippen LogP) is 3.29. The van der Waals surface area contributed by atoms with Gasteiger partial charge in [0.1, 0.15) is 23.4 Å². The summed E-state index contributed by atoms with van der Waals surface area (Å²) in [6.07, 6.45) is 0.412. The van der Waals surface area contributed by atoms with Crippen LogP contribution in [-0.4, -0.2) is 35.9 Å². The van der Waals surface area contributed by atoms with Crippen molar-refractivity contribution in [1.82, 2.24) is 10.2 Å². The van der Waals surface area contributed by atoms with Crippen LogP contribution in [0.15, 0.2) is 48.5 Å². The van der Waals surface area contributed by atoms with Crippen LogP contribution >= 0.6 is 0 Å². The van der Waals surface area contributed by atoms with Crippen LogP contribution in [0.3, 0.4) is 0 Å². The van der Waals surface area contributed by atoms with E-state index in [0.29, 0.717) is 24.3 Å². The summed E-state index contributed by atoms with van der Waals surface area (Å²) in [5.41, 5.74) is 0.694. The van der Waals surface area contributed by atoms with Gasteiger partial charge in [-0.2, -0.15) is 0 Å². The Morgan fingerprint density at radius 2 is 1.57 bits per heavy atom. The minimum atomic E-state index is -0.686. The molecule has 1 atom stereocenters. The van der Waals surface area contributed by atoms with Crippen LogP contribution in [0, 0.1) is 11.6 Å². The number of likely N-dealkylation sites (N-methyl/N-ethyl adjacent to an activating group) is 1. The van der Waals surface area contributed by atoms with Gasteiger partial charge in [0.15, 0.2) is 6.61 Å². The average molecular weight is 390 g/mol. The molecule has 150 valence electrons. The lowest BCUT2D eigenvalue weighted by Crippen LogP contribution is -2.50. The summed E-state index contributed by atoms with van der Waals surface area (Å²) in [6.45, 7) is 3.89. The molecular formula is C21H24F2N2O3. The highest BCUT2D eigenvalue weighted by Gasteiger charge is 2.28. The molecule has 1 N–H and O–H groups in total. The smallest absolute Gasteiger partial charge is 0.261 e. The minimum Gasteiger partial charge on any atom is -0.484 e. The monoisotopic (exact) mass is 390 g/mol. The van der Waals surface area contributed by atoms with Gasteiger partial charge in [0.05, 0.1) is 0 Å². The molecule has 0 radical (unpaired) electrons. The van der Waals surface area contributed by atoms with Gasteiger partial charge in [-0.3, -0.25) is 9.59 Å². The number of halogens is 2. The van der Waals surface area contributed by atoms with Gasteiger partial charge in [0, 0.05) is 13.1 Å². The molecule has 0 aliphatic rings. The Hall–Kier alpha value is -2.96. The van der Waals surface area contributed by atoms with Crippen molar-refractivity contribution in [3.05, 3.63) is 65.7 Å². The van der Waals surface area contributed by atoms with Gasteiger partial charge >= 0.3 is 0 Å². The number of benzene rings is 2. The van der Waals surface area contributed by atoms with Crippen molar-refractivity contribution in [2.45, 2.75) is 32.9 Å². The van der Waals surface area contributed by atoms with Gasteiger partial charge < -0.3 is 15.0 Å². The van der Waals surface area contributed by atoms with Crippen LogP contribution in [0.1, 0.15) is 25.8 Å². The number of amides is 2. The lowest BCUT2D eigenvalue weighted by Gasteiger charge is -2.30. The molecule has 0 spiro atoms. The van der Waals surface area contributed by atoms with Crippen LogP contribution in [0.2, 0.25) is 0 Å². The molecule has 0 aromatic heterocycles. The Morgan fingerprint density at radius 3 is 2.11 bits per heavy atom. The summed E-state index contributed by atoms with van der Waals surface area (Å²) >= 11 is 0. The van der Waals surface area contributed by atoms with Crippen molar-refractivity contribution in [2.24, 2.45) is 0 Å². The third-order valence-corrected chi connectivity index (χ3v) is 4.18. The van der Waals surface area contributed by atoms with E-state index >= 15 is 0 Å². The Balaban J connectivity index is 2.16. The van der Waals surface area contributed by atoms with Gasteiger partial charge in [-0.15, -0.1) is 0 Å². The molecular weight excluding hydrogens is 366 g/mol. The third kappa shape index (κ3) is 6.04. The second-order valence-corrected chi connectivity index (χ2v) is 6.21. The summed E-state index contributed by atoms with van der Waals surface area (Å²) in [7, 11) is 0. The summed E-state index contributed by atoms with van der Waals surface area (Å²) in [5.74, 6) is -1.09. The first-order valence-corrected chi connectivity index (χ1v) is 9.14. The molecule has 2 amide bonds. The van der Waals surface area contributed by atoms with Crippen molar-refractivity contribution < 1.29 is 23.1 Å². The minimum absolute atomic E-state index is 0.140. The number of ether oxygens (including phenoxy) is 1. The topological polar surface area (TPSA) is 58.6 Å². The van der Waals surface area contributed by atoms with Crippen molar-refractivity contribution in [3.63, 3.8) is 0 Å². The van der Waals surface area contributed by atoms with E-state index in [1.165, 1.54) is 41.3 Å². The first-order valence-electron chi connectivity index (χ1n) is 9.14. The largest absolute Gasteiger partial charge is 0.484 e. The lowest BCUT2D eigenvalue weighted by atomic mass is 10.1. The molecule has 0 bridgehead atoms. The third-order valence-electron chi connectivity index (χ3n) is 4.18. The normalized spacial score (nSPS) is 11.6. The molecule has 2 aromatic rings. The fourth-order valence-corrected chi connectivity index (χ4v) is 2.76. The van der Waals surface area contributed by atoms with Gasteiger partial charge in [0.25, 0.3) is 5.91 Å². The second-order valence-electron chi connectivity index (χ2n) is 6.21. The van der Waals surface area contributed by atoms with Gasteiger partial charge in [-0.25, -0.2) is 8.78 Å². The molecule has 0 saturated carbocycles. The quantitative estimate of drug-likeness (QED) is 0.715. The van der Waals surface area contributed by atoms with Crippen molar-refractivity contribution in [3.8, 4) is 5.75 Å². The van der Waals surface area contributed by atoms with Crippen molar-refractivity contribution in [2.75, 3.05) is 13.2 Å². The van der Waals surface area contributed by atoms with E-state index in [9.17, 15) is 18.4 Å². The highest BCUT2D eigenvalue weighted by atomic mass is 19.1. The number of carbonyl (C=O) groups excluding carboxylic acids is 2. The molecule has 0 saturated heterocycles. The van der Waals surface area contributed by atoms with Crippen LogP contribution in [0.4, 0.5) is 8.78 Å². The van der Waals surface area contributed by atoms with E-state index in [-0.39, 0.29) is 24.9 Å². The Labute approximate surface area is 163 Å². The summed E-state index contributed by atoms with van der Waals surface area (Å²) in [5, 5.41) is 2.73. The standard InChI is InChI=1S/C21H24F2N2O3/c1-3-19(21(27)24-4-2)25(13-15-5-7-16(22)8-6-15)20(26)14-28-18-11-9-17(23)10-12-18/h5-12,19H,3-4,13-14H2,1-2H3,(H,24,27)/t19-/m1/s1. The predicted molar refractivity (Wildman–Crippen MR) is 102 cm³/mol. The Morgan fingerprint density at radius 1 is 1.00 bits per heavy atom. The first kappa shape index (κ1) is 21.3. The number of rotatable bonds is 9. The van der Waals surface area contributed by atoms with E-state index in [0.717, 1.165) is 0 Å². The molecule has 7 heteroatoms. The highest BCUT2D eigenvalue weighted by Crippen LogP contribution is 2.15. The number of carbonyl (C=O) groups is 2. The molecule has 2 aromatic carbocycles. The summed E-state index contributed by atoms with van der Waals surface area (Å²) in [6, 6.07) is 10.4. The maximum Gasteiger partial charge on any atom is 0.261 e. The van der Waals surface area contributed by atoms with E-state index in [1.807, 2.05) is 6.92 Å². The molecule has 28 heavy (non-hydrogen) atoms. The number of nitrogens with zero attached hydrogens (tertiary/aromatic N) is 1. The van der Waals surface area contributed by atoms with Crippen LogP contribution < -0.4 is 10.1 Å². The number of hydrogen-bond donors (Lipinski definition) is 1. The summed E-state index contributed by atoms with van der Waals surface area (Å²) < 4.78 is 31.6. The molecule has 2 rings (SSSR count). The van der Waals surface area contributed by atoms with E-state index < -0.39 is 17.8 Å². The zero-order chi connectivity index (χ0) is 20.5. The molecule has 0 heterocycles. The number of nitrogens with one attached hydrogen (secondary N) is 1. The van der Waals surface area contributed by atoms with Crippen LogP contribution in [0.5, 0.6) is 5.75 Å². The zero-order valence-corrected chi connectivity index (χ0v) is 16.0. The maximum atomic E-state index is 13.2. The Kier molecular flexibility index (Phi) is 7.92. The first-order chi connectivity index (χ1) is 13.4. The maximum absolute atomic E-state index is 13.2. The van der Waals surface area contributed by atoms with Gasteiger partial charge in [0.2, 0.25) is 5.91 Å². The molecule has 5 nitrogen and oxygen atoms in total. The van der Waals surface area contributed by atoms with Crippen LogP contribution in [0.25, 0.3) is 0 Å². The fraction of sp³-hybridized carbons (Fsp3) is 0.333. The average Bonchev–Trinajstić information content (AvgIpc) is 2.69. The fourth-order valence-electron chi connectivity index (χ4n) is 2.76. The van der Waals surface area contributed by atoms with Crippen LogP contribution in [-0.2, 0) is 16.1 Å². The zero-order valence-electron chi connectivity index (χ0n) is 16.0. The summed E-state index contributed by atoms with van der Waals surface area (Å²) in [4.78, 5) is 26.7. The molecule has 0 fully saturated rings. The molecule has 0 unspecified atom stereocenters. The van der Waals surface area contributed by atoms with E-state index in [2.05, 4.69) is 5.32 Å². The van der Waals surface area contributed by atoms with Gasteiger partial charge in [-0.05, 0) is 55.3 Å². The van der Waals surface area contributed by atoms with Crippen molar-refractivity contribution in [1.29, 1.82) is 0 Å². The van der Waals surface area contributed by atoms with E-state index in [4.69, 9.17) is 4.74 Å².